The summed E-state index contributed by atoms with van der Waals surface area (Å²) in [5.41, 5.74) is 7.22. The standard InChI is InChI=1S/C16H24N2O/c1-3-12-18(13-4-2)16(19)15(17)11-10-14-8-6-5-7-9-14/h3,5-9,15H,1,4,10-13,17H2,2H3/t15-/m0/s1. The molecule has 0 bridgehead atoms. The van der Waals surface area contributed by atoms with Gasteiger partial charge in [-0.25, -0.2) is 0 Å². The molecule has 3 heteroatoms. The molecule has 0 aliphatic carbocycles. The predicted octanol–water partition coefficient (Wildman–Crippen LogP) is 2.37. The summed E-state index contributed by atoms with van der Waals surface area (Å²) in [6.45, 7) is 7.05. The van der Waals surface area contributed by atoms with Crippen molar-refractivity contribution in [2.45, 2.75) is 32.2 Å². The van der Waals surface area contributed by atoms with Crippen molar-refractivity contribution in [3.8, 4) is 0 Å². The van der Waals surface area contributed by atoms with E-state index >= 15 is 0 Å². The van der Waals surface area contributed by atoms with Gasteiger partial charge >= 0.3 is 0 Å². The van der Waals surface area contributed by atoms with Gasteiger partial charge in [0, 0.05) is 13.1 Å². The SMILES string of the molecule is C=CCN(CCC)C(=O)[C@@H](N)CCc1ccccc1. The van der Waals surface area contributed by atoms with Crippen LogP contribution in [0.3, 0.4) is 0 Å². The summed E-state index contributed by atoms with van der Waals surface area (Å²) in [5, 5.41) is 0. The highest BCUT2D eigenvalue weighted by atomic mass is 16.2. The summed E-state index contributed by atoms with van der Waals surface area (Å²) in [4.78, 5) is 14.0. The lowest BCUT2D eigenvalue weighted by molar-refractivity contribution is -0.132. The zero-order valence-corrected chi connectivity index (χ0v) is 11.7. The average molecular weight is 260 g/mol. The molecular weight excluding hydrogens is 236 g/mol. The second kappa shape index (κ2) is 8.48. The molecule has 0 fully saturated rings. The van der Waals surface area contributed by atoms with Crippen LogP contribution in [0.5, 0.6) is 0 Å². The minimum atomic E-state index is -0.424. The molecule has 104 valence electrons. The van der Waals surface area contributed by atoms with Gasteiger partial charge in [-0.2, -0.15) is 0 Å². The van der Waals surface area contributed by atoms with Gasteiger partial charge in [-0.1, -0.05) is 43.3 Å². The quantitative estimate of drug-likeness (QED) is 0.729. The monoisotopic (exact) mass is 260 g/mol. The number of carbonyl (C=O) groups excluding carboxylic acids is 1. The van der Waals surface area contributed by atoms with Crippen molar-refractivity contribution in [3.63, 3.8) is 0 Å². The molecule has 0 saturated carbocycles. The lowest BCUT2D eigenvalue weighted by Crippen LogP contribution is -2.44. The molecule has 2 N–H and O–H groups in total. The summed E-state index contributed by atoms with van der Waals surface area (Å²) in [5.74, 6) is 0.0256. The molecular formula is C16H24N2O. The highest BCUT2D eigenvalue weighted by Crippen LogP contribution is 2.06. The molecule has 1 atom stereocenters. The maximum Gasteiger partial charge on any atom is 0.239 e. The van der Waals surface area contributed by atoms with Crippen LogP contribution in [0.1, 0.15) is 25.3 Å². The van der Waals surface area contributed by atoms with Crippen molar-refractivity contribution in [2.24, 2.45) is 5.73 Å². The van der Waals surface area contributed by atoms with Crippen LogP contribution in [-0.4, -0.2) is 29.9 Å². The van der Waals surface area contributed by atoms with Crippen LogP contribution in [0, 0.1) is 0 Å². The van der Waals surface area contributed by atoms with Gasteiger partial charge in [0.15, 0.2) is 0 Å². The number of rotatable bonds is 8. The Labute approximate surface area is 116 Å². The maximum absolute atomic E-state index is 12.2. The van der Waals surface area contributed by atoms with E-state index in [0.29, 0.717) is 13.0 Å². The fraction of sp³-hybridized carbons (Fsp3) is 0.438. The second-order valence-corrected chi connectivity index (χ2v) is 4.70. The molecule has 1 aromatic rings. The number of carbonyl (C=O) groups is 1. The predicted molar refractivity (Wildman–Crippen MR) is 79.8 cm³/mol. The van der Waals surface area contributed by atoms with Gasteiger partial charge in [-0.3, -0.25) is 4.79 Å². The number of amides is 1. The lowest BCUT2D eigenvalue weighted by atomic mass is 10.0. The maximum atomic E-state index is 12.2. The minimum absolute atomic E-state index is 0.0256. The van der Waals surface area contributed by atoms with E-state index in [1.807, 2.05) is 18.2 Å². The van der Waals surface area contributed by atoms with Gasteiger partial charge in [0.1, 0.15) is 0 Å². The van der Waals surface area contributed by atoms with Crippen molar-refractivity contribution >= 4 is 5.91 Å². The molecule has 0 unspecified atom stereocenters. The largest absolute Gasteiger partial charge is 0.338 e. The van der Waals surface area contributed by atoms with Crippen LogP contribution in [0.15, 0.2) is 43.0 Å². The molecule has 0 aliphatic heterocycles. The third-order valence-electron chi connectivity index (χ3n) is 3.06. The van der Waals surface area contributed by atoms with E-state index in [4.69, 9.17) is 5.73 Å². The zero-order valence-electron chi connectivity index (χ0n) is 11.7. The molecule has 1 aromatic carbocycles. The van der Waals surface area contributed by atoms with Gasteiger partial charge < -0.3 is 10.6 Å². The third kappa shape index (κ3) is 5.26. The summed E-state index contributed by atoms with van der Waals surface area (Å²) in [6.07, 6.45) is 4.20. The summed E-state index contributed by atoms with van der Waals surface area (Å²) in [7, 11) is 0. The summed E-state index contributed by atoms with van der Waals surface area (Å²) >= 11 is 0. The van der Waals surface area contributed by atoms with E-state index in [0.717, 1.165) is 19.4 Å². The number of nitrogens with zero attached hydrogens (tertiary/aromatic N) is 1. The lowest BCUT2D eigenvalue weighted by Gasteiger charge is -2.24. The van der Waals surface area contributed by atoms with Crippen LogP contribution in [-0.2, 0) is 11.2 Å². The summed E-state index contributed by atoms with van der Waals surface area (Å²) in [6, 6.07) is 9.69. The van der Waals surface area contributed by atoms with E-state index in [1.54, 1.807) is 11.0 Å². The Morgan fingerprint density at radius 2 is 2.11 bits per heavy atom. The molecule has 0 saturated heterocycles. The minimum Gasteiger partial charge on any atom is -0.338 e. The van der Waals surface area contributed by atoms with Gasteiger partial charge in [-0.15, -0.1) is 6.58 Å². The highest BCUT2D eigenvalue weighted by Gasteiger charge is 2.19. The van der Waals surface area contributed by atoms with E-state index in [2.05, 4.69) is 25.6 Å². The second-order valence-electron chi connectivity index (χ2n) is 4.70. The first kappa shape index (κ1) is 15.4. The molecule has 0 aromatic heterocycles. The normalized spacial score (nSPS) is 11.9. The topological polar surface area (TPSA) is 46.3 Å². The fourth-order valence-electron chi connectivity index (χ4n) is 2.04. The zero-order chi connectivity index (χ0) is 14.1. The molecule has 1 amide bonds. The Balaban J connectivity index is 2.48. The van der Waals surface area contributed by atoms with Crippen LogP contribution < -0.4 is 5.73 Å². The molecule has 0 aliphatic rings. The van der Waals surface area contributed by atoms with Crippen LogP contribution in [0.2, 0.25) is 0 Å². The summed E-state index contributed by atoms with van der Waals surface area (Å²) < 4.78 is 0. The molecule has 0 heterocycles. The van der Waals surface area contributed by atoms with E-state index in [-0.39, 0.29) is 5.91 Å². The van der Waals surface area contributed by atoms with Gasteiger partial charge in [0.2, 0.25) is 5.91 Å². The van der Waals surface area contributed by atoms with Crippen molar-refractivity contribution in [1.82, 2.24) is 4.90 Å². The van der Waals surface area contributed by atoms with Crippen molar-refractivity contribution in [3.05, 3.63) is 48.6 Å². The van der Waals surface area contributed by atoms with E-state index in [9.17, 15) is 4.79 Å². The Bertz CT molecular complexity index is 389. The smallest absolute Gasteiger partial charge is 0.239 e. The van der Waals surface area contributed by atoms with Crippen LogP contribution >= 0.6 is 0 Å². The molecule has 0 spiro atoms. The molecule has 0 radical (unpaired) electrons. The number of nitrogens with two attached hydrogens (primary N) is 1. The fourth-order valence-corrected chi connectivity index (χ4v) is 2.04. The first-order valence-corrected chi connectivity index (χ1v) is 6.88. The van der Waals surface area contributed by atoms with Gasteiger partial charge in [-0.05, 0) is 24.8 Å². The Morgan fingerprint density at radius 3 is 2.68 bits per heavy atom. The number of hydrogen-bond acceptors (Lipinski definition) is 2. The number of hydrogen-bond donors (Lipinski definition) is 1. The van der Waals surface area contributed by atoms with Crippen molar-refractivity contribution < 1.29 is 4.79 Å². The van der Waals surface area contributed by atoms with Gasteiger partial charge in [0.25, 0.3) is 0 Å². The Kier molecular flexibility index (Phi) is 6.90. The first-order chi connectivity index (χ1) is 9.19. The number of benzene rings is 1. The highest BCUT2D eigenvalue weighted by molar-refractivity contribution is 5.81. The van der Waals surface area contributed by atoms with Gasteiger partial charge in [0.05, 0.1) is 6.04 Å². The Morgan fingerprint density at radius 1 is 1.42 bits per heavy atom. The first-order valence-electron chi connectivity index (χ1n) is 6.88. The average Bonchev–Trinajstić information content (AvgIpc) is 2.45. The molecule has 1 rings (SSSR count). The van der Waals surface area contributed by atoms with E-state index in [1.165, 1.54) is 5.56 Å². The van der Waals surface area contributed by atoms with Crippen LogP contribution in [0.25, 0.3) is 0 Å². The molecule has 19 heavy (non-hydrogen) atoms. The van der Waals surface area contributed by atoms with Crippen LogP contribution in [0.4, 0.5) is 0 Å². The van der Waals surface area contributed by atoms with Crippen molar-refractivity contribution in [2.75, 3.05) is 13.1 Å². The third-order valence-corrected chi connectivity index (χ3v) is 3.06. The Hall–Kier alpha value is -1.61. The molecule has 3 nitrogen and oxygen atoms in total. The van der Waals surface area contributed by atoms with Crippen molar-refractivity contribution in [1.29, 1.82) is 0 Å². The number of aryl methyl sites for hydroxylation is 1. The van der Waals surface area contributed by atoms with E-state index < -0.39 is 6.04 Å².